The van der Waals surface area contributed by atoms with Crippen LogP contribution >= 0.6 is 0 Å². The Hall–Kier alpha value is -2.33. The molecule has 1 aliphatic heterocycles. The van der Waals surface area contributed by atoms with Crippen molar-refractivity contribution in [1.29, 1.82) is 0 Å². The first kappa shape index (κ1) is 15.6. The van der Waals surface area contributed by atoms with Gasteiger partial charge in [-0.15, -0.1) is 0 Å². The number of hydrogen-bond acceptors (Lipinski definition) is 3. The van der Waals surface area contributed by atoms with Gasteiger partial charge in [-0.05, 0) is 56.2 Å². The highest BCUT2D eigenvalue weighted by Gasteiger charge is 2.23. The van der Waals surface area contributed by atoms with Gasteiger partial charge in [0.1, 0.15) is 11.5 Å². The molecular weight excluding hydrogens is 290 g/mol. The molecule has 4 nitrogen and oxygen atoms in total. The third kappa shape index (κ3) is 4.11. The minimum absolute atomic E-state index is 0.0187. The Morgan fingerprint density at radius 3 is 2.48 bits per heavy atom. The van der Waals surface area contributed by atoms with E-state index in [1.54, 1.807) is 24.3 Å². The number of benzene rings is 2. The van der Waals surface area contributed by atoms with E-state index in [1.165, 1.54) is 0 Å². The fraction of sp³-hybridized carbons (Fsp3) is 0.316. The van der Waals surface area contributed by atoms with Crippen LogP contribution in [0.25, 0.3) is 0 Å². The van der Waals surface area contributed by atoms with E-state index in [-0.39, 0.29) is 18.1 Å². The summed E-state index contributed by atoms with van der Waals surface area (Å²) in [6.07, 6.45) is 2.20. The van der Waals surface area contributed by atoms with Crippen LogP contribution in [0, 0.1) is 0 Å². The zero-order valence-corrected chi connectivity index (χ0v) is 13.2. The van der Waals surface area contributed by atoms with Crippen molar-refractivity contribution in [3.8, 4) is 11.5 Å². The minimum Gasteiger partial charge on any atom is -0.457 e. The van der Waals surface area contributed by atoms with E-state index in [9.17, 15) is 4.79 Å². The molecular formula is C19H21NO3. The molecule has 4 heteroatoms. The lowest BCUT2D eigenvalue weighted by Gasteiger charge is -2.20. The number of ether oxygens (including phenoxy) is 2. The standard InChI is InChI=1S/C19H21NO3/c1-14(18-8-5-13-22-18)20-19(21)15-9-11-17(12-10-15)23-16-6-3-2-4-7-16/h2-4,6-7,9-12,14,18H,5,8,13H2,1H3,(H,20,21)/t14-,18-/m1/s1. The first-order valence-electron chi connectivity index (χ1n) is 7.98. The van der Waals surface area contributed by atoms with Gasteiger partial charge < -0.3 is 14.8 Å². The van der Waals surface area contributed by atoms with Crippen LogP contribution in [-0.2, 0) is 4.74 Å². The Kier molecular flexibility index (Phi) is 4.93. The van der Waals surface area contributed by atoms with Gasteiger partial charge in [0.15, 0.2) is 0 Å². The monoisotopic (exact) mass is 311 g/mol. The van der Waals surface area contributed by atoms with Crippen molar-refractivity contribution in [1.82, 2.24) is 5.32 Å². The summed E-state index contributed by atoms with van der Waals surface area (Å²) in [7, 11) is 0. The maximum absolute atomic E-state index is 12.3. The number of amides is 1. The second kappa shape index (κ2) is 7.29. The summed E-state index contributed by atoms with van der Waals surface area (Å²) in [5.41, 5.74) is 0.621. The third-order valence-corrected chi connectivity index (χ3v) is 3.98. The molecule has 1 amide bonds. The summed E-state index contributed by atoms with van der Waals surface area (Å²) in [6, 6.07) is 16.7. The van der Waals surface area contributed by atoms with Gasteiger partial charge in [-0.3, -0.25) is 4.79 Å². The van der Waals surface area contributed by atoms with E-state index in [1.807, 2.05) is 37.3 Å². The third-order valence-electron chi connectivity index (χ3n) is 3.98. The zero-order chi connectivity index (χ0) is 16.1. The lowest BCUT2D eigenvalue weighted by Crippen LogP contribution is -2.40. The molecule has 3 rings (SSSR count). The highest BCUT2D eigenvalue weighted by Crippen LogP contribution is 2.21. The van der Waals surface area contributed by atoms with Gasteiger partial charge in [-0.1, -0.05) is 18.2 Å². The smallest absolute Gasteiger partial charge is 0.251 e. The zero-order valence-electron chi connectivity index (χ0n) is 13.2. The number of carbonyl (C=O) groups is 1. The molecule has 2 aromatic rings. The molecule has 0 spiro atoms. The van der Waals surface area contributed by atoms with Gasteiger partial charge in [0.25, 0.3) is 5.91 Å². The first-order chi connectivity index (χ1) is 11.2. The van der Waals surface area contributed by atoms with Gasteiger partial charge in [-0.2, -0.15) is 0 Å². The van der Waals surface area contributed by atoms with Gasteiger partial charge in [0.2, 0.25) is 0 Å². The van der Waals surface area contributed by atoms with E-state index >= 15 is 0 Å². The van der Waals surface area contributed by atoms with Crippen molar-refractivity contribution in [3.05, 3.63) is 60.2 Å². The molecule has 1 heterocycles. The average molecular weight is 311 g/mol. The minimum atomic E-state index is -0.0840. The Morgan fingerprint density at radius 2 is 1.83 bits per heavy atom. The van der Waals surface area contributed by atoms with Gasteiger partial charge in [0, 0.05) is 12.2 Å². The molecule has 1 aliphatic rings. The summed E-state index contributed by atoms with van der Waals surface area (Å²) in [5.74, 6) is 1.40. The van der Waals surface area contributed by atoms with Gasteiger partial charge in [-0.25, -0.2) is 0 Å². The number of para-hydroxylation sites is 1. The summed E-state index contributed by atoms with van der Waals surface area (Å²) in [5, 5.41) is 3.00. The Balaban J connectivity index is 1.59. The van der Waals surface area contributed by atoms with Crippen LogP contribution in [0.3, 0.4) is 0 Å². The average Bonchev–Trinajstić information content (AvgIpc) is 3.11. The molecule has 0 bridgehead atoms. The Bertz CT molecular complexity index is 633. The molecule has 0 aromatic heterocycles. The van der Waals surface area contributed by atoms with Crippen molar-refractivity contribution in [2.75, 3.05) is 6.61 Å². The van der Waals surface area contributed by atoms with E-state index in [2.05, 4.69) is 5.32 Å². The van der Waals surface area contributed by atoms with Crippen LogP contribution in [0.4, 0.5) is 0 Å². The topological polar surface area (TPSA) is 47.6 Å². The van der Waals surface area contributed by atoms with E-state index in [0.29, 0.717) is 11.3 Å². The molecule has 2 atom stereocenters. The van der Waals surface area contributed by atoms with Crippen molar-refractivity contribution in [2.24, 2.45) is 0 Å². The number of hydrogen-bond donors (Lipinski definition) is 1. The molecule has 0 aliphatic carbocycles. The number of rotatable bonds is 5. The molecule has 23 heavy (non-hydrogen) atoms. The van der Waals surface area contributed by atoms with Crippen LogP contribution in [0.15, 0.2) is 54.6 Å². The summed E-state index contributed by atoms with van der Waals surface area (Å²) >= 11 is 0. The van der Waals surface area contributed by atoms with Gasteiger partial charge in [0.05, 0.1) is 12.1 Å². The molecule has 1 fully saturated rings. The summed E-state index contributed by atoms with van der Waals surface area (Å²) in [6.45, 7) is 2.77. The number of nitrogens with one attached hydrogen (secondary N) is 1. The first-order valence-corrected chi connectivity index (χ1v) is 7.98. The van der Waals surface area contributed by atoms with Crippen LogP contribution in [0.1, 0.15) is 30.1 Å². The normalized spacial score (nSPS) is 18.4. The van der Waals surface area contributed by atoms with Gasteiger partial charge >= 0.3 is 0 Å². The molecule has 120 valence electrons. The van der Waals surface area contributed by atoms with Crippen LogP contribution in [0.2, 0.25) is 0 Å². The predicted molar refractivity (Wildman–Crippen MR) is 88.9 cm³/mol. The quantitative estimate of drug-likeness (QED) is 0.914. The van der Waals surface area contributed by atoms with Crippen molar-refractivity contribution in [3.63, 3.8) is 0 Å². The Labute approximate surface area is 136 Å². The SMILES string of the molecule is C[C@@H](NC(=O)c1ccc(Oc2ccccc2)cc1)[C@H]1CCCO1. The summed E-state index contributed by atoms with van der Waals surface area (Å²) in [4.78, 5) is 12.3. The van der Waals surface area contributed by atoms with E-state index in [4.69, 9.17) is 9.47 Å². The van der Waals surface area contributed by atoms with E-state index < -0.39 is 0 Å². The largest absolute Gasteiger partial charge is 0.457 e. The van der Waals surface area contributed by atoms with Crippen molar-refractivity contribution >= 4 is 5.91 Å². The fourth-order valence-electron chi connectivity index (χ4n) is 2.68. The Morgan fingerprint density at radius 1 is 1.13 bits per heavy atom. The lowest BCUT2D eigenvalue weighted by molar-refractivity contribution is 0.0712. The molecule has 1 N–H and O–H groups in total. The van der Waals surface area contributed by atoms with Crippen LogP contribution in [-0.4, -0.2) is 24.7 Å². The van der Waals surface area contributed by atoms with Crippen LogP contribution < -0.4 is 10.1 Å². The highest BCUT2D eigenvalue weighted by molar-refractivity contribution is 5.94. The molecule has 0 radical (unpaired) electrons. The number of carbonyl (C=O) groups excluding carboxylic acids is 1. The molecule has 0 unspecified atom stereocenters. The fourth-order valence-corrected chi connectivity index (χ4v) is 2.68. The molecule has 1 saturated heterocycles. The summed E-state index contributed by atoms with van der Waals surface area (Å²) < 4.78 is 11.3. The second-order valence-corrected chi connectivity index (χ2v) is 5.75. The molecule has 2 aromatic carbocycles. The van der Waals surface area contributed by atoms with Crippen molar-refractivity contribution < 1.29 is 14.3 Å². The second-order valence-electron chi connectivity index (χ2n) is 5.75. The van der Waals surface area contributed by atoms with E-state index in [0.717, 1.165) is 25.2 Å². The highest BCUT2D eigenvalue weighted by atomic mass is 16.5. The van der Waals surface area contributed by atoms with Crippen molar-refractivity contribution in [2.45, 2.75) is 31.9 Å². The van der Waals surface area contributed by atoms with Crippen LogP contribution in [0.5, 0.6) is 11.5 Å². The predicted octanol–water partition coefficient (Wildman–Crippen LogP) is 3.78. The lowest BCUT2D eigenvalue weighted by atomic mass is 10.1. The molecule has 0 saturated carbocycles. The maximum Gasteiger partial charge on any atom is 0.251 e. The maximum atomic E-state index is 12.3.